The first-order valence-electron chi connectivity index (χ1n) is 5.94. The van der Waals surface area contributed by atoms with E-state index in [-0.39, 0.29) is 6.04 Å². The Balaban J connectivity index is 2.30. The molecule has 0 aromatic heterocycles. The third kappa shape index (κ3) is 3.50. The van der Waals surface area contributed by atoms with Crippen LogP contribution in [0.15, 0.2) is 46.9 Å². The normalized spacial score (nSPS) is 12.2. The van der Waals surface area contributed by atoms with Crippen LogP contribution in [0.5, 0.6) is 5.75 Å². The van der Waals surface area contributed by atoms with Crippen molar-refractivity contribution in [1.29, 1.82) is 0 Å². The lowest BCUT2D eigenvalue weighted by Crippen LogP contribution is -2.14. The van der Waals surface area contributed by atoms with Gasteiger partial charge in [-0.3, -0.25) is 0 Å². The molecule has 2 nitrogen and oxygen atoms in total. The van der Waals surface area contributed by atoms with Gasteiger partial charge in [-0.2, -0.15) is 0 Å². The van der Waals surface area contributed by atoms with Gasteiger partial charge in [-0.1, -0.05) is 41.9 Å². The minimum atomic E-state index is -0.160. The minimum absolute atomic E-state index is 0.160. The molecule has 0 saturated heterocycles. The topological polar surface area (TPSA) is 35.2 Å². The standard InChI is InChI=1S/C15H15BrClNO/c1-19-15-12(8-11(17)9-13(15)16)14(18)7-10-5-3-2-4-6-10/h2-6,8-9,14H,7,18H2,1H3. The van der Waals surface area contributed by atoms with E-state index in [1.54, 1.807) is 13.2 Å². The van der Waals surface area contributed by atoms with E-state index in [1.165, 1.54) is 5.56 Å². The minimum Gasteiger partial charge on any atom is -0.495 e. The smallest absolute Gasteiger partial charge is 0.137 e. The fourth-order valence-corrected chi connectivity index (χ4v) is 3.04. The van der Waals surface area contributed by atoms with Crippen LogP contribution in [0.4, 0.5) is 0 Å². The molecule has 2 aromatic rings. The number of halogens is 2. The van der Waals surface area contributed by atoms with Gasteiger partial charge in [0.2, 0.25) is 0 Å². The van der Waals surface area contributed by atoms with E-state index in [1.807, 2.05) is 24.3 Å². The predicted molar refractivity (Wildman–Crippen MR) is 82.8 cm³/mol. The fraction of sp³-hybridized carbons (Fsp3) is 0.200. The zero-order valence-electron chi connectivity index (χ0n) is 10.6. The first-order chi connectivity index (χ1) is 9.11. The number of hydrogen-bond acceptors (Lipinski definition) is 2. The molecule has 0 saturated carbocycles. The molecule has 0 aliphatic carbocycles. The molecule has 2 rings (SSSR count). The number of rotatable bonds is 4. The summed E-state index contributed by atoms with van der Waals surface area (Å²) in [4.78, 5) is 0. The second-order valence-corrected chi connectivity index (χ2v) is 5.60. The zero-order chi connectivity index (χ0) is 13.8. The number of methoxy groups -OCH3 is 1. The van der Waals surface area contributed by atoms with E-state index < -0.39 is 0 Å². The van der Waals surface area contributed by atoms with Crippen LogP contribution in [-0.4, -0.2) is 7.11 Å². The Morgan fingerprint density at radius 1 is 1.26 bits per heavy atom. The maximum Gasteiger partial charge on any atom is 0.137 e. The Bertz CT molecular complexity index is 560. The predicted octanol–water partition coefficient (Wildman–Crippen LogP) is 4.35. The third-order valence-electron chi connectivity index (χ3n) is 2.94. The van der Waals surface area contributed by atoms with Crippen molar-refractivity contribution in [2.75, 3.05) is 7.11 Å². The van der Waals surface area contributed by atoms with Crippen LogP contribution in [0.3, 0.4) is 0 Å². The summed E-state index contributed by atoms with van der Waals surface area (Å²) in [6, 6.07) is 13.6. The quantitative estimate of drug-likeness (QED) is 0.898. The largest absolute Gasteiger partial charge is 0.495 e. The summed E-state index contributed by atoms with van der Waals surface area (Å²) in [6.07, 6.45) is 0.740. The molecule has 0 bridgehead atoms. The number of ether oxygens (including phenoxy) is 1. The van der Waals surface area contributed by atoms with Crippen LogP contribution in [-0.2, 0) is 6.42 Å². The molecule has 100 valence electrons. The van der Waals surface area contributed by atoms with Crippen molar-refractivity contribution in [3.63, 3.8) is 0 Å². The van der Waals surface area contributed by atoms with Gasteiger partial charge in [0.05, 0.1) is 11.6 Å². The summed E-state index contributed by atoms with van der Waals surface area (Å²) < 4.78 is 6.22. The van der Waals surface area contributed by atoms with E-state index in [4.69, 9.17) is 22.1 Å². The molecule has 0 spiro atoms. The molecule has 4 heteroatoms. The highest BCUT2D eigenvalue weighted by molar-refractivity contribution is 9.10. The molecular weight excluding hydrogens is 326 g/mol. The number of benzene rings is 2. The van der Waals surface area contributed by atoms with Gasteiger partial charge in [0, 0.05) is 16.6 Å². The molecule has 1 atom stereocenters. The number of hydrogen-bond donors (Lipinski definition) is 1. The molecule has 0 heterocycles. The average molecular weight is 341 g/mol. The lowest BCUT2D eigenvalue weighted by atomic mass is 9.99. The van der Waals surface area contributed by atoms with Gasteiger partial charge < -0.3 is 10.5 Å². The Morgan fingerprint density at radius 2 is 1.95 bits per heavy atom. The van der Waals surface area contributed by atoms with E-state index in [0.29, 0.717) is 5.02 Å². The maximum absolute atomic E-state index is 6.28. The lowest BCUT2D eigenvalue weighted by Gasteiger charge is -2.17. The molecule has 0 radical (unpaired) electrons. The van der Waals surface area contributed by atoms with Crippen LogP contribution in [0.25, 0.3) is 0 Å². The van der Waals surface area contributed by atoms with Crippen molar-refractivity contribution in [3.8, 4) is 5.75 Å². The van der Waals surface area contributed by atoms with Gasteiger partial charge in [0.25, 0.3) is 0 Å². The van der Waals surface area contributed by atoms with Crippen molar-refractivity contribution in [1.82, 2.24) is 0 Å². The van der Waals surface area contributed by atoms with E-state index >= 15 is 0 Å². The van der Waals surface area contributed by atoms with Gasteiger partial charge in [0.1, 0.15) is 5.75 Å². The average Bonchev–Trinajstić information content (AvgIpc) is 2.39. The monoisotopic (exact) mass is 339 g/mol. The van der Waals surface area contributed by atoms with Crippen molar-refractivity contribution >= 4 is 27.5 Å². The van der Waals surface area contributed by atoms with Crippen LogP contribution in [0.1, 0.15) is 17.2 Å². The first kappa shape index (κ1) is 14.4. The summed E-state index contributed by atoms with van der Waals surface area (Å²) >= 11 is 9.53. The molecular formula is C15H15BrClNO. The molecule has 0 amide bonds. The Labute approximate surface area is 126 Å². The second kappa shape index (κ2) is 6.42. The zero-order valence-corrected chi connectivity index (χ0v) is 12.9. The summed E-state index contributed by atoms with van der Waals surface area (Å²) in [5.74, 6) is 0.743. The Kier molecular flexibility index (Phi) is 4.86. The van der Waals surface area contributed by atoms with Crippen LogP contribution >= 0.6 is 27.5 Å². The highest BCUT2D eigenvalue weighted by Crippen LogP contribution is 2.36. The molecule has 19 heavy (non-hydrogen) atoms. The van der Waals surface area contributed by atoms with Crippen molar-refractivity contribution in [2.24, 2.45) is 5.73 Å². The summed E-state index contributed by atoms with van der Waals surface area (Å²) in [6.45, 7) is 0. The molecule has 0 fully saturated rings. The van der Waals surface area contributed by atoms with Crippen molar-refractivity contribution in [3.05, 3.63) is 63.1 Å². The summed E-state index contributed by atoms with van der Waals surface area (Å²) in [5.41, 5.74) is 8.38. The van der Waals surface area contributed by atoms with Crippen molar-refractivity contribution in [2.45, 2.75) is 12.5 Å². The van der Waals surface area contributed by atoms with Crippen LogP contribution < -0.4 is 10.5 Å². The number of nitrogens with two attached hydrogens (primary N) is 1. The molecule has 0 aliphatic heterocycles. The summed E-state index contributed by atoms with van der Waals surface area (Å²) in [7, 11) is 1.63. The molecule has 1 unspecified atom stereocenters. The first-order valence-corrected chi connectivity index (χ1v) is 7.11. The Morgan fingerprint density at radius 3 is 2.58 bits per heavy atom. The highest BCUT2D eigenvalue weighted by Gasteiger charge is 2.16. The van der Waals surface area contributed by atoms with Gasteiger partial charge in [-0.25, -0.2) is 0 Å². The van der Waals surface area contributed by atoms with Gasteiger partial charge in [-0.05, 0) is 40.0 Å². The SMILES string of the molecule is COc1c(Br)cc(Cl)cc1C(N)Cc1ccccc1. The molecule has 0 aliphatic rings. The Hall–Kier alpha value is -1.03. The van der Waals surface area contributed by atoms with E-state index in [9.17, 15) is 0 Å². The maximum atomic E-state index is 6.28. The molecule has 2 aromatic carbocycles. The fourth-order valence-electron chi connectivity index (χ4n) is 2.05. The second-order valence-electron chi connectivity index (χ2n) is 4.31. The van der Waals surface area contributed by atoms with Crippen molar-refractivity contribution < 1.29 is 4.74 Å². The lowest BCUT2D eigenvalue weighted by molar-refractivity contribution is 0.403. The van der Waals surface area contributed by atoms with Gasteiger partial charge in [0.15, 0.2) is 0 Å². The third-order valence-corrected chi connectivity index (χ3v) is 3.75. The van der Waals surface area contributed by atoms with Crippen LogP contribution in [0.2, 0.25) is 5.02 Å². The van der Waals surface area contributed by atoms with Crippen LogP contribution in [0, 0.1) is 0 Å². The van der Waals surface area contributed by atoms with E-state index in [0.717, 1.165) is 22.2 Å². The van der Waals surface area contributed by atoms with Gasteiger partial charge >= 0.3 is 0 Å². The van der Waals surface area contributed by atoms with E-state index in [2.05, 4.69) is 28.1 Å². The summed E-state index contributed by atoms with van der Waals surface area (Å²) in [5, 5.41) is 0.645. The molecule has 2 N–H and O–H groups in total. The highest BCUT2D eigenvalue weighted by atomic mass is 79.9. The van der Waals surface area contributed by atoms with Gasteiger partial charge in [-0.15, -0.1) is 0 Å².